The average molecular weight is 241 g/mol. The summed E-state index contributed by atoms with van der Waals surface area (Å²) in [5.74, 6) is 0.148. The van der Waals surface area contributed by atoms with E-state index in [1.807, 2.05) is 20.8 Å². The standard InChI is InChI=1S/C12H19NO2S/c1-7(2)9-8(3)16-10(13-9)12(4,5)11(14)15-6/h7H,1-6H3. The molecule has 1 aromatic rings. The first-order chi connectivity index (χ1) is 7.30. The van der Waals surface area contributed by atoms with Gasteiger partial charge in [-0.3, -0.25) is 4.79 Å². The Morgan fingerprint density at radius 1 is 1.44 bits per heavy atom. The van der Waals surface area contributed by atoms with Gasteiger partial charge in [0.15, 0.2) is 0 Å². The van der Waals surface area contributed by atoms with Crippen molar-refractivity contribution in [2.24, 2.45) is 0 Å². The van der Waals surface area contributed by atoms with Crippen molar-refractivity contribution in [2.45, 2.75) is 46.0 Å². The number of esters is 1. The van der Waals surface area contributed by atoms with Crippen LogP contribution in [0.15, 0.2) is 0 Å². The molecule has 0 aliphatic rings. The minimum atomic E-state index is -0.655. The number of hydrogen-bond acceptors (Lipinski definition) is 4. The Morgan fingerprint density at radius 3 is 2.38 bits per heavy atom. The molecule has 0 spiro atoms. The zero-order valence-corrected chi connectivity index (χ0v) is 11.6. The first-order valence-electron chi connectivity index (χ1n) is 5.37. The molecule has 0 bridgehead atoms. The van der Waals surface area contributed by atoms with E-state index in [-0.39, 0.29) is 5.97 Å². The van der Waals surface area contributed by atoms with E-state index in [0.29, 0.717) is 5.92 Å². The molecule has 0 radical (unpaired) electrons. The number of methoxy groups -OCH3 is 1. The van der Waals surface area contributed by atoms with Gasteiger partial charge >= 0.3 is 5.97 Å². The number of aromatic nitrogens is 1. The molecule has 1 rings (SSSR count). The topological polar surface area (TPSA) is 39.2 Å². The molecule has 1 heterocycles. The number of hydrogen-bond donors (Lipinski definition) is 0. The zero-order chi connectivity index (χ0) is 12.5. The van der Waals surface area contributed by atoms with E-state index >= 15 is 0 Å². The highest BCUT2D eigenvalue weighted by Gasteiger charge is 2.35. The van der Waals surface area contributed by atoms with Crippen LogP contribution in [0.1, 0.15) is 49.2 Å². The molecule has 0 atom stereocenters. The van der Waals surface area contributed by atoms with Gasteiger partial charge in [-0.2, -0.15) is 0 Å². The van der Waals surface area contributed by atoms with Crippen molar-refractivity contribution in [3.8, 4) is 0 Å². The van der Waals surface area contributed by atoms with Crippen LogP contribution >= 0.6 is 11.3 Å². The molecule has 90 valence electrons. The van der Waals surface area contributed by atoms with E-state index in [2.05, 4.69) is 18.8 Å². The van der Waals surface area contributed by atoms with Crippen molar-refractivity contribution >= 4 is 17.3 Å². The van der Waals surface area contributed by atoms with Crippen LogP contribution in [0.25, 0.3) is 0 Å². The zero-order valence-electron chi connectivity index (χ0n) is 10.7. The molecule has 3 nitrogen and oxygen atoms in total. The van der Waals surface area contributed by atoms with Gasteiger partial charge in [0, 0.05) is 4.88 Å². The third-order valence-corrected chi connectivity index (χ3v) is 3.92. The lowest BCUT2D eigenvalue weighted by atomic mass is 9.95. The second-order valence-corrected chi connectivity index (χ2v) is 5.93. The third-order valence-electron chi connectivity index (χ3n) is 2.61. The molecule has 0 saturated carbocycles. The van der Waals surface area contributed by atoms with E-state index in [1.165, 1.54) is 12.0 Å². The normalized spacial score (nSPS) is 11.9. The van der Waals surface area contributed by atoms with Crippen LogP contribution < -0.4 is 0 Å². The van der Waals surface area contributed by atoms with Crippen molar-refractivity contribution in [3.05, 3.63) is 15.6 Å². The quantitative estimate of drug-likeness (QED) is 0.764. The molecule has 0 fully saturated rings. The second kappa shape index (κ2) is 4.53. The maximum absolute atomic E-state index is 11.7. The van der Waals surface area contributed by atoms with Gasteiger partial charge in [0.2, 0.25) is 0 Å². The molecular weight excluding hydrogens is 222 g/mol. The molecule has 0 unspecified atom stereocenters. The lowest BCUT2D eigenvalue weighted by Crippen LogP contribution is -2.30. The molecule has 0 saturated heterocycles. The molecule has 0 aromatic carbocycles. The fraction of sp³-hybridized carbons (Fsp3) is 0.667. The predicted octanol–water partition coefficient (Wildman–Crippen LogP) is 3.03. The predicted molar refractivity (Wildman–Crippen MR) is 66.0 cm³/mol. The molecular formula is C12H19NO2S. The summed E-state index contributed by atoms with van der Waals surface area (Å²) in [5.41, 5.74) is 0.425. The Bertz CT molecular complexity index is 394. The Labute approximate surface area is 101 Å². The summed E-state index contributed by atoms with van der Waals surface area (Å²) in [6.07, 6.45) is 0. The van der Waals surface area contributed by atoms with Gasteiger partial charge in [-0.15, -0.1) is 11.3 Å². The smallest absolute Gasteiger partial charge is 0.318 e. The second-order valence-electron chi connectivity index (χ2n) is 4.73. The molecule has 16 heavy (non-hydrogen) atoms. The third kappa shape index (κ3) is 2.26. The Balaban J connectivity index is 3.14. The number of ether oxygens (including phenoxy) is 1. The Morgan fingerprint density at radius 2 is 2.00 bits per heavy atom. The van der Waals surface area contributed by atoms with E-state index in [9.17, 15) is 4.79 Å². The van der Waals surface area contributed by atoms with E-state index in [4.69, 9.17) is 4.74 Å². The molecule has 0 aliphatic carbocycles. The fourth-order valence-corrected chi connectivity index (χ4v) is 2.71. The molecule has 0 N–H and O–H groups in total. The Hall–Kier alpha value is -0.900. The number of thiazole rings is 1. The summed E-state index contributed by atoms with van der Waals surface area (Å²) in [6, 6.07) is 0. The van der Waals surface area contributed by atoms with Crippen LogP contribution in [0.5, 0.6) is 0 Å². The lowest BCUT2D eigenvalue weighted by molar-refractivity contribution is -0.146. The largest absolute Gasteiger partial charge is 0.468 e. The fourth-order valence-electron chi connectivity index (χ4n) is 1.55. The first-order valence-corrected chi connectivity index (χ1v) is 6.18. The molecule has 0 aliphatic heterocycles. The number of carbonyl (C=O) groups excluding carboxylic acids is 1. The minimum absolute atomic E-state index is 0.239. The van der Waals surface area contributed by atoms with Crippen molar-refractivity contribution in [2.75, 3.05) is 7.11 Å². The highest BCUT2D eigenvalue weighted by molar-refractivity contribution is 7.12. The van der Waals surface area contributed by atoms with Crippen LogP contribution in [0, 0.1) is 6.92 Å². The van der Waals surface area contributed by atoms with Crippen LogP contribution in [0.4, 0.5) is 0 Å². The van der Waals surface area contributed by atoms with Gasteiger partial charge in [0.25, 0.3) is 0 Å². The van der Waals surface area contributed by atoms with E-state index in [1.54, 1.807) is 11.3 Å². The van der Waals surface area contributed by atoms with Crippen molar-refractivity contribution in [3.63, 3.8) is 0 Å². The van der Waals surface area contributed by atoms with E-state index < -0.39 is 5.41 Å². The highest BCUT2D eigenvalue weighted by Crippen LogP contribution is 2.32. The van der Waals surface area contributed by atoms with Gasteiger partial charge in [-0.25, -0.2) is 4.98 Å². The van der Waals surface area contributed by atoms with Gasteiger partial charge in [0.1, 0.15) is 10.4 Å². The van der Waals surface area contributed by atoms with Crippen LogP contribution in [0.2, 0.25) is 0 Å². The van der Waals surface area contributed by atoms with E-state index in [0.717, 1.165) is 10.7 Å². The number of aryl methyl sites for hydroxylation is 1. The summed E-state index contributed by atoms with van der Waals surface area (Å²) in [6.45, 7) is 9.96. The van der Waals surface area contributed by atoms with Crippen molar-refractivity contribution in [1.82, 2.24) is 4.98 Å². The number of rotatable bonds is 3. The number of carbonyl (C=O) groups is 1. The van der Waals surface area contributed by atoms with Crippen molar-refractivity contribution < 1.29 is 9.53 Å². The summed E-state index contributed by atoms with van der Waals surface area (Å²) in [7, 11) is 1.41. The summed E-state index contributed by atoms with van der Waals surface area (Å²) < 4.78 is 4.81. The minimum Gasteiger partial charge on any atom is -0.468 e. The highest BCUT2D eigenvalue weighted by atomic mass is 32.1. The maximum atomic E-state index is 11.7. The van der Waals surface area contributed by atoms with Gasteiger partial charge < -0.3 is 4.74 Å². The monoisotopic (exact) mass is 241 g/mol. The van der Waals surface area contributed by atoms with Gasteiger partial charge in [0.05, 0.1) is 12.8 Å². The Kier molecular flexibility index (Phi) is 3.73. The summed E-state index contributed by atoms with van der Waals surface area (Å²) in [5, 5.41) is 0.834. The summed E-state index contributed by atoms with van der Waals surface area (Å²) >= 11 is 1.58. The lowest BCUT2D eigenvalue weighted by Gasteiger charge is -2.18. The molecule has 0 amide bonds. The van der Waals surface area contributed by atoms with Gasteiger partial charge in [-0.05, 0) is 26.7 Å². The van der Waals surface area contributed by atoms with Crippen LogP contribution in [0.3, 0.4) is 0 Å². The molecule has 1 aromatic heterocycles. The molecule has 4 heteroatoms. The summed E-state index contributed by atoms with van der Waals surface area (Å²) in [4.78, 5) is 17.4. The van der Waals surface area contributed by atoms with Gasteiger partial charge in [-0.1, -0.05) is 13.8 Å². The number of nitrogens with zero attached hydrogens (tertiary/aromatic N) is 1. The average Bonchev–Trinajstić information content (AvgIpc) is 2.59. The van der Waals surface area contributed by atoms with Crippen molar-refractivity contribution in [1.29, 1.82) is 0 Å². The SMILES string of the molecule is COC(=O)C(C)(C)c1nc(C(C)C)c(C)s1. The van der Waals surface area contributed by atoms with Crippen LogP contribution in [-0.4, -0.2) is 18.1 Å². The first kappa shape index (κ1) is 13.2. The maximum Gasteiger partial charge on any atom is 0.318 e. The van der Waals surface area contributed by atoms with Crippen LogP contribution in [-0.2, 0) is 14.9 Å².